The van der Waals surface area contributed by atoms with Gasteiger partial charge in [-0.1, -0.05) is 182 Å². The SMILES string of the molecule is c1ccc(-c2ccc(-c3cc(-n4c5ccccc5c5ccc(-c6cccc7c6oc6ccccc67)cc54)ccc3-c3nc(-c4ccccc4)nc(-c4ccccc4)n3)cc2)cc1. The molecule has 62 heavy (non-hydrogen) atoms. The molecule has 0 fully saturated rings. The fourth-order valence-electron chi connectivity index (χ4n) is 8.90. The molecule has 290 valence electrons. The number of fused-ring (bicyclic) bond motifs is 6. The van der Waals surface area contributed by atoms with Crippen LogP contribution in [0.1, 0.15) is 0 Å². The molecular formula is C57H36N4O. The molecule has 9 aromatic carbocycles. The van der Waals surface area contributed by atoms with Crippen molar-refractivity contribution in [2.45, 2.75) is 0 Å². The van der Waals surface area contributed by atoms with Crippen LogP contribution < -0.4 is 0 Å². The molecule has 12 aromatic rings. The normalized spacial score (nSPS) is 11.5. The third-order valence-corrected chi connectivity index (χ3v) is 11.9. The first-order chi connectivity index (χ1) is 30.7. The predicted octanol–water partition coefficient (Wildman–Crippen LogP) is 14.9. The monoisotopic (exact) mass is 792 g/mol. The van der Waals surface area contributed by atoms with E-state index in [-0.39, 0.29) is 0 Å². The number of benzene rings is 9. The molecule has 0 N–H and O–H groups in total. The van der Waals surface area contributed by atoms with Gasteiger partial charge in [0.05, 0.1) is 11.0 Å². The Morgan fingerprint density at radius 3 is 1.58 bits per heavy atom. The second kappa shape index (κ2) is 14.7. The maximum absolute atomic E-state index is 6.53. The zero-order valence-corrected chi connectivity index (χ0v) is 33.5. The van der Waals surface area contributed by atoms with Crippen LogP contribution in [0.25, 0.3) is 117 Å². The van der Waals surface area contributed by atoms with Gasteiger partial charge in [-0.2, -0.15) is 0 Å². The summed E-state index contributed by atoms with van der Waals surface area (Å²) >= 11 is 0. The number of hydrogen-bond acceptors (Lipinski definition) is 4. The van der Waals surface area contributed by atoms with E-state index in [4.69, 9.17) is 19.4 Å². The molecule has 0 saturated carbocycles. The van der Waals surface area contributed by atoms with Gasteiger partial charge in [0.2, 0.25) is 0 Å². The summed E-state index contributed by atoms with van der Waals surface area (Å²) in [6.45, 7) is 0. The van der Waals surface area contributed by atoms with Crippen LogP contribution in [0, 0.1) is 0 Å². The van der Waals surface area contributed by atoms with Crippen LogP contribution in [0.3, 0.4) is 0 Å². The summed E-state index contributed by atoms with van der Waals surface area (Å²) in [5.74, 6) is 1.85. The van der Waals surface area contributed by atoms with Crippen molar-refractivity contribution in [2.75, 3.05) is 0 Å². The third kappa shape index (κ3) is 6.06. The Morgan fingerprint density at radius 2 is 0.855 bits per heavy atom. The molecule has 12 rings (SSSR count). The van der Waals surface area contributed by atoms with E-state index in [1.54, 1.807) is 0 Å². The Bertz CT molecular complexity index is 3550. The Hall–Kier alpha value is -8.41. The highest BCUT2D eigenvalue weighted by atomic mass is 16.3. The number of aromatic nitrogens is 4. The van der Waals surface area contributed by atoms with E-state index in [0.29, 0.717) is 17.5 Å². The second-order valence-corrected chi connectivity index (χ2v) is 15.6. The minimum atomic E-state index is 0.606. The summed E-state index contributed by atoms with van der Waals surface area (Å²) in [6, 6.07) is 76.4. The van der Waals surface area contributed by atoms with Crippen molar-refractivity contribution in [1.82, 2.24) is 19.5 Å². The van der Waals surface area contributed by atoms with Crippen molar-refractivity contribution in [3.05, 3.63) is 218 Å². The number of para-hydroxylation sites is 3. The van der Waals surface area contributed by atoms with Gasteiger partial charge in [-0.25, -0.2) is 15.0 Å². The van der Waals surface area contributed by atoms with E-state index < -0.39 is 0 Å². The maximum Gasteiger partial charge on any atom is 0.164 e. The zero-order valence-electron chi connectivity index (χ0n) is 33.5. The summed E-state index contributed by atoms with van der Waals surface area (Å²) in [4.78, 5) is 15.4. The van der Waals surface area contributed by atoms with E-state index >= 15 is 0 Å². The van der Waals surface area contributed by atoms with E-state index in [2.05, 4.69) is 150 Å². The molecule has 0 bridgehead atoms. The van der Waals surface area contributed by atoms with Gasteiger partial charge >= 0.3 is 0 Å². The number of rotatable bonds is 7. The van der Waals surface area contributed by atoms with Crippen molar-refractivity contribution in [3.8, 4) is 73.2 Å². The van der Waals surface area contributed by atoms with Gasteiger partial charge in [-0.3, -0.25) is 0 Å². The van der Waals surface area contributed by atoms with Gasteiger partial charge in [0.25, 0.3) is 0 Å². The summed E-state index contributed by atoms with van der Waals surface area (Å²) in [6.07, 6.45) is 0. The lowest BCUT2D eigenvalue weighted by atomic mass is 9.95. The van der Waals surface area contributed by atoms with E-state index in [1.165, 1.54) is 16.3 Å². The lowest BCUT2D eigenvalue weighted by Gasteiger charge is -2.16. The Kier molecular flexibility index (Phi) is 8.42. The molecule has 0 amide bonds. The standard InChI is InChI=1S/C57H36N4O/c1-4-15-37(16-5-1)38-27-29-39(30-28-38)50-36-43(32-34-49(50)57-59-55(40-17-6-2-7-18-40)58-56(60-57)41-19-8-3-9-20-41)61-51-25-12-10-21-45(51)46-33-31-42(35-52(46)61)44-23-14-24-48-47-22-11-13-26-53(47)62-54(44)48/h1-36H. The molecule has 0 unspecified atom stereocenters. The van der Waals surface area contributed by atoms with Crippen molar-refractivity contribution in [2.24, 2.45) is 0 Å². The highest BCUT2D eigenvalue weighted by Crippen LogP contribution is 2.41. The highest BCUT2D eigenvalue weighted by Gasteiger charge is 2.20. The fourth-order valence-corrected chi connectivity index (χ4v) is 8.90. The minimum Gasteiger partial charge on any atom is -0.455 e. The quantitative estimate of drug-likeness (QED) is 0.161. The van der Waals surface area contributed by atoms with Crippen LogP contribution in [0.15, 0.2) is 223 Å². The highest BCUT2D eigenvalue weighted by molar-refractivity contribution is 6.13. The molecule has 0 saturated heterocycles. The van der Waals surface area contributed by atoms with Crippen LogP contribution in [0.4, 0.5) is 0 Å². The number of hydrogen-bond donors (Lipinski definition) is 0. The van der Waals surface area contributed by atoms with Crippen LogP contribution in [0.5, 0.6) is 0 Å². The predicted molar refractivity (Wildman–Crippen MR) is 254 cm³/mol. The molecule has 0 aliphatic heterocycles. The summed E-state index contributed by atoms with van der Waals surface area (Å²) in [5, 5.41) is 4.60. The summed E-state index contributed by atoms with van der Waals surface area (Å²) in [5.41, 5.74) is 14.4. The van der Waals surface area contributed by atoms with Gasteiger partial charge in [-0.15, -0.1) is 0 Å². The van der Waals surface area contributed by atoms with E-state index in [1.807, 2.05) is 72.8 Å². The Labute approximate surface area is 357 Å². The summed E-state index contributed by atoms with van der Waals surface area (Å²) < 4.78 is 8.92. The van der Waals surface area contributed by atoms with Gasteiger partial charge in [0.15, 0.2) is 17.5 Å². The largest absolute Gasteiger partial charge is 0.455 e. The number of furan rings is 1. The van der Waals surface area contributed by atoms with Gasteiger partial charge in [0, 0.05) is 49.5 Å². The van der Waals surface area contributed by atoms with Crippen LogP contribution in [0.2, 0.25) is 0 Å². The fraction of sp³-hybridized carbons (Fsp3) is 0. The molecule has 0 aliphatic carbocycles. The molecule has 0 aliphatic rings. The van der Waals surface area contributed by atoms with Crippen LogP contribution >= 0.6 is 0 Å². The topological polar surface area (TPSA) is 56.7 Å². The smallest absolute Gasteiger partial charge is 0.164 e. The molecule has 0 spiro atoms. The van der Waals surface area contributed by atoms with E-state index in [0.717, 1.165) is 83.2 Å². The molecule has 3 heterocycles. The molecule has 0 radical (unpaired) electrons. The van der Waals surface area contributed by atoms with Crippen molar-refractivity contribution in [1.29, 1.82) is 0 Å². The lowest BCUT2D eigenvalue weighted by Crippen LogP contribution is -2.02. The van der Waals surface area contributed by atoms with Gasteiger partial charge in [0.1, 0.15) is 11.2 Å². The first-order valence-electron chi connectivity index (χ1n) is 20.8. The van der Waals surface area contributed by atoms with Crippen LogP contribution in [-0.4, -0.2) is 19.5 Å². The third-order valence-electron chi connectivity index (χ3n) is 11.9. The van der Waals surface area contributed by atoms with Crippen molar-refractivity contribution < 1.29 is 4.42 Å². The summed E-state index contributed by atoms with van der Waals surface area (Å²) in [7, 11) is 0. The molecule has 0 atom stereocenters. The molecular weight excluding hydrogens is 757 g/mol. The second-order valence-electron chi connectivity index (χ2n) is 15.6. The average Bonchev–Trinajstić information content (AvgIpc) is 3.90. The Balaban J connectivity index is 1.09. The van der Waals surface area contributed by atoms with Gasteiger partial charge in [-0.05, 0) is 64.2 Å². The molecule has 3 aromatic heterocycles. The lowest BCUT2D eigenvalue weighted by molar-refractivity contribution is 0.670. The molecule has 5 heteroatoms. The number of nitrogens with zero attached hydrogens (tertiary/aromatic N) is 4. The average molecular weight is 793 g/mol. The van der Waals surface area contributed by atoms with Crippen molar-refractivity contribution >= 4 is 43.7 Å². The van der Waals surface area contributed by atoms with E-state index in [9.17, 15) is 0 Å². The zero-order chi connectivity index (χ0) is 41.0. The Morgan fingerprint density at radius 1 is 0.306 bits per heavy atom. The first kappa shape index (κ1) is 35.5. The van der Waals surface area contributed by atoms with Gasteiger partial charge < -0.3 is 8.98 Å². The first-order valence-corrected chi connectivity index (χ1v) is 20.8. The van der Waals surface area contributed by atoms with Crippen LogP contribution in [-0.2, 0) is 0 Å². The molecule has 5 nitrogen and oxygen atoms in total. The minimum absolute atomic E-state index is 0.606. The van der Waals surface area contributed by atoms with Crippen molar-refractivity contribution in [3.63, 3.8) is 0 Å². The maximum atomic E-state index is 6.53.